The molecular weight excluding hydrogens is 468 g/mol. The largest absolute Gasteiger partial charge is 0.486 e. The van der Waals surface area contributed by atoms with Crippen LogP contribution in [0, 0.1) is 0 Å². The Balaban J connectivity index is 1.41. The van der Waals surface area contributed by atoms with Crippen molar-refractivity contribution in [3.63, 3.8) is 0 Å². The van der Waals surface area contributed by atoms with Gasteiger partial charge >= 0.3 is 0 Å². The smallest absolute Gasteiger partial charge is 0.276 e. The molecule has 3 heterocycles. The number of thiocarbonyl (C=S) groups is 1. The first-order valence-corrected chi connectivity index (χ1v) is 10.5. The summed E-state index contributed by atoms with van der Waals surface area (Å²) in [6.45, 7) is 3.43. The van der Waals surface area contributed by atoms with E-state index in [1.165, 1.54) is 4.90 Å². The lowest BCUT2D eigenvalue weighted by Crippen LogP contribution is -2.29. The molecule has 1 aliphatic heterocycles. The number of aryl methyl sites for hydroxylation is 1. The Hall–Kier alpha value is -2.91. The van der Waals surface area contributed by atoms with Crippen molar-refractivity contribution >= 4 is 45.2 Å². The van der Waals surface area contributed by atoms with Crippen LogP contribution < -0.4 is 10.1 Å². The van der Waals surface area contributed by atoms with Gasteiger partial charge in [0.05, 0.1) is 12.7 Å². The Morgan fingerprint density at radius 3 is 2.97 bits per heavy atom. The lowest BCUT2D eigenvalue weighted by Gasteiger charge is -2.12. The summed E-state index contributed by atoms with van der Waals surface area (Å²) in [5.41, 5.74) is 1.29. The molecule has 0 unspecified atom stereocenters. The fraction of sp³-hybridized carbons (Fsp3) is 0.190. The predicted octanol–water partition coefficient (Wildman–Crippen LogP) is 4.10. The van der Waals surface area contributed by atoms with Crippen LogP contribution in [0.1, 0.15) is 24.0 Å². The second kappa shape index (κ2) is 8.85. The van der Waals surface area contributed by atoms with E-state index in [0.717, 1.165) is 22.3 Å². The molecule has 1 aliphatic rings. The zero-order valence-electron chi connectivity index (χ0n) is 16.2. The molecule has 0 saturated carbocycles. The maximum atomic E-state index is 12.8. The van der Waals surface area contributed by atoms with Gasteiger partial charge in [0.1, 0.15) is 29.6 Å². The summed E-state index contributed by atoms with van der Waals surface area (Å²) >= 11 is 8.74. The van der Waals surface area contributed by atoms with E-state index in [-0.39, 0.29) is 12.5 Å². The number of hydrogen-bond acceptors (Lipinski definition) is 5. The average Bonchev–Trinajstić information content (AvgIpc) is 3.44. The van der Waals surface area contributed by atoms with Gasteiger partial charge in [-0.15, -0.1) is 0 Å². The van der Waals surface area contributed by atoms with Crippen molar-refractivity contribution in [3.05, 3.63) is 76.0 Å². The molecule has 2 aromatic heterocycles. The first-order chi connectivity index (χ1) is 14.5. The number of carbonyl (C=O) groups excluding carboxylic acids is 1. The van der Waals surface area contributed by atoms with Gasteiger partial charge in [-0.1, -0.05) is 22.0 Å². The number of nitrogens with one attached hydrogen (secondary N) is 1. The number of nitrogens with zero attached hydrogens (tertiary/aromatic N) is 3. The van der Waals surface area contributed by atoms with E-state index in [9.17, 15) is 4.79 Å². The molecule has 3 aromatic rings. The number of ether oxygens (including phenoxy) is 1. The van der Waals surface area contributed by atoms with Gasteiger partial charge in [-0.3, -0.25) is 14.4 Å². The van der Waals surface area contributed by atoms with Gasteiger partial charge in [-0.2, -0.15) is 5.10 Å². The molecule has 30 heavy (non-hydrogen) atoms. The number of carbonyl (C=O) groups is 1. The minimum absolute atomic E-state index is 0.201. The van der Waals surface area contributed by atoms with Crippen molar-refractivity contribution in [1.82, 2.24) is 20.0 Å². The fourth-order valence-electron chi connectivity index (χ4n) is 2.96. The number of halogens is 1. The normalized spacial score (nSPS) is 15.1. The minimum atomic E-state index is -0.201. The molecule has 4 rings (SSSR count). The summed E-state index contributed by atoms with van der Waals surface area (Å²) in [7, 11) is 0. The van der Waals surface area contributed by atoms with E-state index in [2.05, 4.69) is 26.3 Å². The Kier molecular flexibility index (Phi) is 6.01. The molecule has 7 nitrogen and oxygen atoms in total. The molecular formula is C21H19BrN4O3S. The molecule has 154 valence electrons. The second-order valence-electron chi connectivity index (χ2n) is 6.63. The van der Waals surface area contributed by atoms with E-state index >= 15 is 0 Å². The number of rotatable bonds is 7. The summed E-state index contributed by atoms with van der Waals surface area (Å²) in [4.78, 5) is 14.3. The molecule has 1 aromatic carbocycles. The van der Waals surface area contributed by atoms with Crippen LogP contribution >= 0.6 is 28.1 Å². The minimum Gasteiger partial charge on any atom is -0.486 e. The highest BCUT2D eigenvalue weighted by Gasteiger charge is 2.31. The van der Waals surface area contributed by atoms with Crippen molar-refractivity contribution in [2.24, 2.45) is 0 Å². The van der Waals surface area contributed by atoms with Crippen LogP contribution in [0.25, 0.3) is 6.08 Å². The third-order valence-electron chi connectivity index (χ3n) is 4.46. The van der Waals surface area contributed by atoms with Crippen LogP contribution in [0.4, 0.5) is 0 Å². The van der Waals surface area contributed by atoms with Crippen molar-refractivity contribution in [3.8, 4) is 5.75 Å². The van der Waals surface area contributed by atoms with Crippen LogP contribution in [0.15, 0.2) is 63.4 Å². The molecule has 0 bridgehead atoms. The monoisotopic (exact) mass is 486 g/mol. The lowest BCUT2D eigenvalue weighted by molar-refractivity contribution is -0.122. The van der Waals surface area contributed by atoms with E-state index in [1.54, 1.807) is 18.3 Å². The van der Waals surface area contributed by atoms with Crippen molar-refractivity contribution in [1.29, 1.82) is 0 Å². The van der Waals surface area contributed by atoms with E-state index in [1.807, 2.05) is 48.1 Å². The second-order valence-corrected chi connectivity index (χ2v) is 7.94. The van der Waals surface area contributed by atoms with Crippen LogP contribution in [0.3, 0.4) is 0 Å². The summed E-state index contributed by atoms with van der Waals surface area (Å²) in [5.74, 6) is 1.73. The molecule has 1 saturated heterocycles. The van der Waals surface area contributed by atoms with E-state index in [4.69, 9.17) is 21.4 Å². The predicted molar refractivity (Wildman–Crippen MR) is 119 cm³/mol. The van der Waals surface area contributed by atoms with E-state index in [0.29, 0.717) is 28.9 Å². The Bertz CT molecular complexity index is 1120. The Morgan fingerprint density at radius 1 is 1.33 bits per heavy atom. The van der Waals surface area contributed by atoms with Crippen molar-refractivity contribution < 1.29 is 13.9 Å². The SMILES string of the molecule is CCn1cc(CN2C(=O)/C(=C\c3ccc(COc4cccc(Br)c4)o3)NC2=S)cn1. The van der Waals surface area contributed by atoms with Gasteiger partial charge in [-0.25, -0.2) is 0 Å². The summed E-state index contributed by atoms with van der Waals surface area (Å²) in [6.07, 6.45) is 5.29. The third kappa shape index (κ3) is 4.63. The van der Waals surface area contributed by atoms with E-state index < -0.39 is 0 Å². The molecule has 1 amide bonds. The molecule has 0 spiro atoms. The topological polar surface area (TPSA) is 72.5 Å². The molecule has 1 N–H and O–H groups in total. The molecule has 9 heteroatoms. The summed E-state index contributed by atoms with van der Waals surface area (Å²) < 4.78 is 14.2. The summed E-state index contributed by atoms with van der Waals surface area (Å²) in [6, 6.07) is 11.2. The highest BCUT2D eigenvalue weighted by Crippen LogP contribution is 2.21. The highest BCUT2D eigenvalue weighted by atomic mass is 79.9. The maximum Gasteiger partial charge on any atom is 0.276 e. The van der Waals surface area contributed by atoms with Gasteiger partial charge in [0.15, 0.2) is 5.11 Å². The van der Waals surface area contributed by atoms with Crippen molar-refractivity contribution in [2.45, 2.75) is 26.6 Å². The van der Waals surface area contributed by atoms with Crippen molar-refractivity contribution in [2.75, 3.05) is 0 Å². The first-order valence-electron chi connectivity index (χ1n) is 9.35. The molecule has 1 fully saturated rings. The summed E-state index contributed by atoms with van der Waals surface area (Å²) in [5, 5.41) is 7.55. The zero-order valence-corrected chi connectivity index (χ0v) is 18.6. The van der Waals surface area contributed by atoms with Gasteiger partial charge in [0.2, 0.25) is 0 Å². The fourth-order valence-corrected chi connectivity index (χ4v) is 3.60. The number of aromatic nitrogens is 2. The quantitative estimate of drug-likeness (QED) is 0.400. The number of amides is 1. The number of benzene rings is 1. The molecule has 0 aliphatic carbocycles. The lowest BCUT2D eigenvalue weighted by atomic mass is 10.3. The molecule has 0 radical (unpaired) electrons. The highest BCUT2D eigenvalue weighted by molar-refractivity contribution is 9.10. The third-order valence-corrected chi connectivity index (χ3v) is 5.28. The van der Waals surface area contributed by atoms with Gasteiger partial charge in [0.25, 0.3) is 5.91 Å². The zero-order chi connectivity index (χ0) is 21.1. The van der Waals surface area contributed by atoms with Gasteiger partial charge in [-0.05, 0) is 49.5 Å². The Labute approximate surface area is 187 Å². The van der Waals surface area contributed by atoms with Gasteiger partial charge < -0.3 is 14.5 Å². The first kappa shape index (κ1) is 20.4. The van der Waals surface area contributed by atoms with Gasteiger partial charge in [0, 0.05) is 28.9 Å². The van der Waals surface area contributed by atoms with Crippen LogP contribution in [0.2, 0.25) is 0 Å². The maximum absolute atomic E-state index is 12.8. The van der Waals surface area contributed by atoms with Crippen LogP contribution in [-0.4, -0.2) is 25.7 Å². The van der Waals surface area contributed by atoms with Crippen LogP contribution in [-0.2, 0) is 24.5 Å². The molecule has 0 atom stereocenters. The van der Waals surface area contributed by atoms with Crippen LogP contribution in [0.5, 0.6) is 5.75 Å². The number of hydrogen-bond donors (Lipinski definition) is 1. The number of furan rings is 1. The standard InChI is InChI=1S/C21H19BrN4O3S/c1-2-25-11-14(10-23-25)12-26-20(27)19(24-21(26)30)9-17-6-7-18(29-17)13-28-16-5-3-4-15(22)8-16/h3-11H,2,12-13H2,1H3,(H,24,30)/b19-9+. The average molecular weight is 487 g/mol. The Morgan fingerprint density at radius 2 is 2.20 bits per heavy atom.